The second kappa shape index (κ2) is 7.11. The van der Waals surface area contributed by atoms with Gasteiger partial charge in [0.2, 0.25) is 5.91 Å². The third-order valence-electron chi connectivity index (χ3n) is 4.17. The average molecular weight is 376 g/mol. The topological polar surface area (TPSA) is 67.8 Å². The highest BCUT2D eigenvalue weighted by Crippen LogP contribution is 2.30. The van der Waals surface area contributed by atoms with Gasteiger partial charge in [-0.25, -0.2) is 13.8 Å². The van der Waals surface area contributed by atoms with Gasteiger partial charge in [0.15, 0.2) is 0 Å². The SMILES string of the molecule is CC(=O)Nc1cccc(-c2cccc3cc(-c4c(F)cccc4F)nnc23)n1. The minimum atomic E-state index is -0.700. The Balaban J connectivity index is 1.84. The summed E-state index contributed by atoms with van der Waals surface area (Å²) in [5.74, 6) is -1.21. The maximum atomic E-state index is 14.1. The normalized spacial score (nSPS) is 10.8. The van der Waals surface area contributed by atoms with E-state index < -0.39 is 11.6 Å². The Morgan fingerprint density at radius 1 is 0.893 bits per heavy atom. The van der Waals surface area contributed by atoms with Crippen LogP contribution in [0.2, 0.25) is 0 Å². The lowest BCUT2D eigenvalue weighted by molar-refractivity contribution is -0.114. The van der Waals surface area contributed by atoms with Gasteiger partial charge in [0, 0.05) is 17.9 Å². The van der Waals surface area contributed by atoms with E-state index in [0.29, 0.717) is 28.0 Å². The van der Waals surface area contributed by atoms with Crippen LogP contribution in [0.4, 0.5) is 14.6 Å². The van der Waals surface area contributed by atoms with Crippen LogP contribution in [-0.2, 0) is 4.79 Å². The highest BCUT2D eigenvalue weighted by molar-refractivity contribution is 5.94. The first-order valence-electron chi connectivity index (χ1n) is 8.49. The second-order valence-corrected chi connectivity index (χ2v) is 6.16. The third-order valence-corrected chi connectivity index (χ3v) is 4.17. The summed E-state index contributed by atoms with van der Waals surface area (Å²) >= 11 is 0. The van der Waals surface area contributed by atoms with Crippen molar-refractivity contribution >= 4 is 22.6 Å². The van der Waals surface area contributed by atoms with Gasteiger partial charge >= 0.3 is 0 Å². The van der Waals surface area contributed by atoms with Crippen molar-refractivity contribution in [3.8, 4) is 22.5 Å². The molecule has 0 aliphatic rings. The highest BCUT2D eigenvalue weighted by atomic mass is 19.1. The molecule has 0 bridgehead atoms. The van der Waals surface area contributed by atoms with Gasteiger partial charge in [0.1, 0.15) is 23.0 Å². The molecule has 2 heterocycles. The Kier molecular flexibility index (Phi) is 4.49. The summed E-state index contributed by atoms with van der Waals surface area (Å²) in [6.07, 6.45) is 0. The summed E-state index contributed by atoms with van der Waals surface area (Å²) in [7, 11) is 0. The van der Waals surface area contributed by atoms with Crippen molar-refractivity contribution in [2.24, 2.45) is 0 Å². The Labute approximate surface area is 159 Å². The molecular formula is C21H14F2N4O. The lowest BCUT2D eigenvalue weighted by Crippen LogP contribution is -2.07. The fourth-order valence-electron chi connectivity index (χ4n) is 2.98. The maximum absolute atomic E-state index is 14.1. The molecule has 0 saturated carbocycles. The molecular weight excluding hydrogens is 362 g/mol. The van der Waals surface area contributed by atoms with Crippen LogP contribution in [0.1, 0.15) is 6.92 Å². The maximum Gasteiger partial charge on any atom is 0.222 e. The minimum Gasteiger partial charge on any atom is -0.311 e. The molecule has 1 amide bonds. The van der Waals surface area contributed by atoms with Crippen molar-refractivity contribution in [3.63, 3.8) is 0 Å². The summed E-state index contributed by atoms with van der Waals surface area (Å²) in [4.78, 5) is 15.7. The van der Waals surface area contributed by atoms with Gasteiger partial charge in [-0.05, 0) is 30.3 Å². The van der Waals surface area contributed by atoms with Crippen molar-refractivity contribution in [2.45, 2.75) is 6.92 Å². The molecule has 0 radical (unpaired) electrons. The van der Waals surface area contributed by atoms with Crippen LogP contribution in [0.5, 0.6) is 0 Å². The molecule has 0 atom stereocenters. The van der Waals surface area contributed by atoms with Gasteiger partial charge in [-0.3, -0.25) is 4.79 Å². The van der Waals surface area contributed by atoms with E-state index >= 15 is 0 Å². The molecule has 0 fully saturated rings. The quantitative estimate of drug-likeness (QED) is 0.568. The first-order valence-corrected chi connectivity index (χ1v) is 8.49. The zero-order valence-electron chi connectivity index (χ0n) is 14.8. The predicted octanol–water partition coefficient (Wildman–Crippen LogP) is 4.60. The number of nitrogens with zero attached hydrogens (tertiary/aromatic N) is 3. The molecule has 28 heavy (non-hydrogen) atoms. The Bertz CT molecular complexity index is 1190. The van der Waals surface area contributed by atoms with E-state index in [9.17, 15) is 13.6 Å². The van der Waals surface area contributed by atoms with Gasteiger partial charge < -0.3 is 5.32 Å². The molecule has 1 N–H and O–H groups in total. The van der Waals surface area contributed by atoms with E-state index in [1.165, 1.54) is 25.1 Å². The molecule has 5 nitrogen and oxygen atoms in total. The van der Waals surface area contributed by atoms with Crippen LogP contribution < -0.4 is 5.32 Å². The number of rotatable bonds is 3. The smallest absolute Gasteiger partial charge is 0.222 e. The molecule has 2 aromatic heterocycles. The Morgan fingerprint density at radius 2 is 1.61 bits per heavy atom. The summed E-state index contributed by atoms with van der Waals surface area (Å²) < 4.78 is 28.2. The van der Waals surface area contributed by atoms with Crippen molar-refractivity contribution < 1.29 is 13.6 Å². The number of benzene rings is 2. The van der Waals surface area contributed by atoms with E-state index in [1.54, 1.807) is 36.4 Å². The fourth-order valence-corrected chi connectivity index (χ4v) is 2.98. The number of aromatic nitrogens is 3. The number of amides is 1. The van der Waals surface area contributed by atoms with Crippen LogP contribution in [0.25, 0.3) is 33.4 Å². The third kappa shape index (κ3) is 3.29. The van der Waals surface area contributed by atoms with Crippen LogP contribution in [0, 0.1) is 11.6 Å². The number of hydrogen-bond donors (Lipinski definition) is 1. The van der Waals surface area contributed by atoms with Gasteiger partial charge in [-0.2, -0.15) is 0 Å². The molecule has 138 valence electrons. The lowest BCUT2D eigenvalue weighted by Gasteiger charge is -2.09. The average Bonchev–Trinajstić information content (AvgIpc) is 2.67. The molecule has 0 spiro atoms. The van der Waals surface area contributed by atoms with Crippen LogP contribution in [0.3, 0.4) is 0 Å². The van der Waals surface area contributed by atoms with Crippen LogP contribution >= 0.6 is 0 Å². The van der Waals surface area contributed by atoms with Gasteiger partial charge in [-0.15, -0.1) is 10.2 Å². The minimum absolute atomic E-state index is 0.111. The summed E-state index contributed by atoms with van der Waals surface area (Å²) in [6.45, 7) is 1.40. The van der Waals surface area contributed by atoms with Crippen LogP contribution in [-0.4, -0.2) is 21.1 Å². The van der Waals surface area contributed by atoms with E-state index in [2.05, 4.69) is 20.5 Å². The molecule has 0 saturated heterocycles. The molecule has 0 aliphatic carbocycles. The van der Waals surface area contributed by atoms with Gasteiger partial charge in [0.05, 0.1) is 17.0 Å². The molecule has 0 aliphatic heterocycles. The highest BCUT2D eigenvalue weighted by Gasteiger charge is 2.15. The van der Waals surface area contributed by atoms with Crippen molar-refractivity contribution in [2.75, 3.05) is 5.32 Å². The molecule has 4 aromatic rings. The van der Waals surface area contributed by atoms with E-state index in [-0.39, 0.29) is 17.2 Å². The zero-order valence-corrected chi connectivity index (χ0v) is 14.8. The number of pyridine rings is 1. The van der Waals surface area contributed by atoms with E-state index in [4.69, 9.17) is 0 Å². The molecule has 7 heteroatoms. The molecule has 2 aromatic carbocycles. The van der Waals surface area contributed by atoms with Crippen LogP contribution in [0.15, 0.2) is 60.7 Å². The van der Waals surface area contributed by atoms with E-state index in [1.807, 2.05) is 6.07 Å². The Morgan fingerprint density at radius 3 is 2.36 bits per heavy atom. The number of anilines is 1. The lowest BCUT2D eigenvalue weighted by atomic mass is 10.0. The summed E-state index contributed by atoms with van der Waals surface area (Å²) in [6, 6.07) is 15.9. The molecule has 0 unspecified atom stereocenters. The first kappa shape index (κ1) is 17.7. The summed E-state index contributed by atoms with van der Waals surface area (Å²) in [5.41, 5.74) is 1.72. The van der Waals surface area contributed by atoms with Crippen molar-refractivity contribution in [1.82, 2.24) is 15.2 Å². The second-order valence-electron chi connectivity index (χ2n) is 6.16. The van der Waals surface area contributed by atoms with Gasteiger partial charge in [-0.1, -0.05) is 30.3 Å². The predicted molar refractivity (Wildman–Crippen MR) is 102 cm³/mol. The largest absolute Gasteiger partial charge is 0.311 e. The monoisotopic (exact) mass is 376 g/mol. The first-order chi connectivity index (χ1) is 13.5. The number of nitrogens with one attached hydrogen (secondary N) is 1. The number of halogens is 2. The summed E-state index contributed by atoms with van der Waals surface area (Å²) in [5, 5.41) is 11.5. The zero-order chi connectivity index (χ0) is 19.7. The number of carbonyl (C=O) groups is 1. The number of carbonyl (C=O) groups excluding carboxylic acids is 1. The molecule has 4 rings (SSSR count). The standard InChI is InChI=1S/C21H14F2N4O/c1-12(28)24-19-10-4-9-17(25-19)14-6-2-5-13-11-18(26-27-21(13)14)20-15(22)7-3-8-16(20)23/h2-11H,1H3,(H,24,25,28). The van der Waals surface area contributed by atoms with Crippen molar-refractivity contribution in [1.29, 1.82) is 0 Å². The Hall–Kier alpha value is -3.74. The van der Waals surface area contributed by atoms with Gasteiger partial charge in [0.25, 0.3) is 0 Å². The number of fused-ring (bicyclic) bond motifs is 1. The van der Waals surface area contributed by atoms with Crippen molar-refractivity contribution in [3.05, 3.63) is 72.3 Å². The number of hydrogen-bond acceptors (Lipinski definition) is 4. The fraction of sp³-hybridized carbons (Fsp3) is 0.0476. The van der Waals surface area contributed by atoms with E-state index in [0.717, 1.165) is 0 Å².